The van der Waals surface area contributed by atoms with E-state index in [0.717, 1.165) is 25.7 Å². The molecule has 0 aliphatic heterocycles. The summed E-state index contributed by atoms with van der Waals surface area (Å²) in [5.41, 5.74) is 5.46. The maximum Gasteiger partial charge on any atom is 0.305 e. The van der Waals surface area contributed by atoms with Gasteiger partial charge in [0, 0.05) is 11.1 Å². The van der Waals surface area contributed by atoms with Gasteiger partial charge in [0.15, 0.2) is 0 Å². The third kappa shape index (κ3) is 8.73. The molecule has 2 atom stereocenters. The lowest BCUT2D eigenvalue weighted by atomic mass is 10.1. The first kappa shape index (κ1) is 26.0. The largest absolute Gasteiger partial charge is 0.481 e. The lowest BCUT2D eigenvalue weighted by Gasteiger charge is -2.22. The van der Waals surface area contributed by atoms with Crippen LogP contribution >= 0.6 is 11.6 Å². The molecule has 32 heavy (non-hydrogen) atoms. The molecule has 2 aliphatic carbocycles. The number of amides is 2. The molecule has 0 aromatic heterocycles. The first-order chi connectivity index (χ1) is 14.9. The summed E-state index contributed by atoms with van der Waals surface area (Å²) in [5, 5.41) is 14.5. The third-order valence-corrected chi connectivity index (χ3v) is 6.28. The highest BCUT2D eigenvalue weighted by Crippen LogP contribution is 2.44. The van der Waals surface area contributed by atoms with Crippen molar-refractivity contribution in [1.29, 1.82) is 0 Å². The van der Waals surface area contributed by atoms with Gasteiger partial charge in [-0.05, 0) is 68.7 Å². The lowest BCUT2D eigenvalue weighted by molar-refractivity contribution is -0.139. The summed E-state index contributed by atoms with van der Waals surface area (Å²) >= 11 is 5.49. The predicted molar refractivity (Wildman–Crippen MR) is 116 cm³/mol. The summed E-state index contributed by atoms with van der Waals surface area (Å²) in [6, 6.07) is 3.63. The smallest absolute Gasteiger partial charge is 0.305 e. The summed E-state index contributed by atoms with van der Waals surface area (Å²) in [6.07, 6.45) is 4.18. The maximum absolute atomic E-state index is 12.1. The van der Waals surface area contributed by atoms with E-state index in [2.05, 4.69) is 10.6 Å². The van der Waals surface area contributed by atoms with Gasteiger partial charge in [-0.2, -0.15) is 8.42 Å². The van der Waals surface area contributed by atoms with Gasteiger partial charge in [0.1, 0.15) is 6.04 Å². The van der Waals surface area contributed by atoms with E-state index in [1.165, 1.54) is 24.3 Å². The topological polar surface area (TPSA) is 176 Å². The number of hydrogen-bond donors (Lipinski definition) is 5. The number of nitrogens with one attached hydrogen (secondary N) is 2. The van der Waals surface area contributed by atoms with Gasteiger partial charge in [-0.1, -0.05) is 11.6 Å². The number of halogens is 1. The van der Waals surface area contributed by atoms with Crippen molar-refractivity contribution < 1.29 is 32.5 Å². The van der Waals surface area contributed by atoms with Crippen molar-refractivity contribution in [3.8, 4) is 0 Å². The van der Waals surface area contributed by atoms with Crippen LogP contribution in [0, 0.1) is 11.8 Å². The highest BCUT2D eigenvalue weighted by Gasteiger charge is 2.42. The van der Waals surface area contributed by atoms with Crippen molar-refractivity contribution in [2.24, 2.45) is 17.6 Å². The van der Waals surface area contributed by atoms with Gasteiger partial charge >= 0.3 is 5.97 Å². The van der Waals surface area contributed by atoms with Crippen LogP contribution in [0.3, 0.4) is 0 Å². The van der Waals surface area contributed by atoms with Crippen molar-refractivity contribution in [3.05, 3.63) is 29.3 Å². The van der Waals surface area contributed by atoms with Crippen LogP contribution < -0.4 is 16.4 Å². The summed E-state index contributed by atoms with van der Waals surface area (Å²) in [4.78, 5) is 34.2. The Labute approximate surface area is 191 Å². The molecule has 12 heteroatoms. The number of hydrogen-bond acceptors (Lipinski definition) is 6. The maximum atomic E-state index is 12.1. The SMILES string of the molecule is C[C@@H](NC(=O)[C@@H](N)CC(=O)O)C(=O)NC(C1CC1)C1CC1.O=S(=O)(O)c1ccc(Cl)cc1. The Kier molecular flexibility index (Phi) is 9.02. The van der Waals surface area contributed by atoms with Crippen LogP contribution in [0.1, 0.15) is 39.0 Å². The molecule has 0 bridgehead atoms. The highest BCUT2D eigenvalue weighted by atomic mass is 35.5. The minimum atomic E-state index is -4.08. The van der Waals surface area contributed by atoms with Crippen molar-refractivity contribution in [2.75, 3.05) is 0 Å². The lowest BCUT2D eigenvalue weighted by Crippen LogP contribution is -2.53. The molecule has 0 saturated heterocycles. The van der Waals surface area contributed by atoms with E-state index < -0.39 is 40.5 Å². The van der Waals surface area contributed by atoms with Crippen molar-refractivity contribution >= 4 is 39.5 Å². The fraction of sp³-hybridized carbons (Fsp3) is 0.550. The molecular weight excluding hydrogens is 462 g/mol. The quantitative estimate of drug-likeness (QED) is 0.321. The standard InChI is InChI=1S/C14H23N3O4.C6H5ClO3S/c1-7(16-14(21)10(15)6-11(18)19)13(20)17-12(8-2-3-8)9-4-5-9;7-5-1-3-6(4-2-5)11(8,9)10/h7-10,12H,2-6,15H2,1H3,(H,16,21)(H,17,20)(H,18,19);1-4H,(H,8,9,10)/t7-,10+;/m1./s1. The molecule has 2 aliphatic rings. The van der Waals surface area contributed by atoms with Gasteiger partial charge in [-0.3, -0.25) is 18.9 Å². The zero-order valence-electron chi connectivity index (χ0n) is 17.5. The molecule has 3 rings (SSSR count). The van der Waals surface area contributed by atoms with E-state index in [9.17, 15) is 22.8 Å². The van der Waals surface area contributed by atoms with Crippen LogP contribution in [0.5, 0.6) is 0 Å². The second-order valence-electron chi connectivity index (χ2n) is 8.07. The number of carbonyl (C=O) groups excluding carboxylic acids is 2. The molecule has 0 spiro atoms. The van der Waals surface area contributed by atoms with Crippen LogP contribution in [0.4, 0.5) is 0 Å². The Morgan fingerprint density at radius 2 is 1.56 bits per heavy atom. The van der Waals surface area contributed by atoms with E-state index in [4.69, 9.17) is 27.0 Å². The third-order valence-electron chi connectivity index (χ3n) is 5.16. The van der Waals surface area contributed by atoms with Crippen molar-refractivity contribution in [2.45, 2.75) is 62.0 Å². The average Bonchev–Trinajstić information content (AvgIpc) is 3.59. The highest BCUT2D eigenvalue weighted by molar-refractivity contribution is 7.85. The number of carbonyl (C=O) groups is 3. The molecule has 0 unspecified atom stereocenters. The molecule has 2 saturated carbocycles. The van der Waals surface area contributed by atoms with Gasteiger partial charge in [0.05, 0.1) is 17.4 Å². The number of benzene rings is 1. The summed E-state index contributed by atoms with van der Waals surface area (Å²) < 4.78 is 29.4. The fourth-order valence-corrected chi connectivity index (χ4v) is 3.70. The van der Waals surface area contributed by atoms with Crippen LogP contribution in [0.2, 0.25) is 5.02 Å². The van der Waals surface area contributed by atoms with Gasteiger partial charge in [0.25, 0.3) is 10.1 Å². The minimum Gasteiger partial charge on any atom is -0.481 e. The van der Waals surface area contributed by atoms with Crippen molar-refractivity contribution in [1.82, 2.24) is 10.6 Å². The molecular formula is C20H28ClN3O7S. The normalized spacial score (nSPS) is 17.5. The van der Waals surface area contributed by atoms with Gasteiger partial charge in [0.2, 0.25) is 11.8 Å². The number of carboxylic acid groups (broad SMARTS) is 1. The molecule has 0 heterocycles. The number of aliphatic carboxylic acids is 1. The molecule has 6 N–H and O–H groups in total. The van der Waals surface area contributed by atoms with Crippen LogP contribution in [-0.4, -0.2) is 54.0 Å². The van der Waals surface area contributed by atoms with Gasteiger partial charge in [-0.25, -0.2) is 0 Å². The molecule has 178 valence electrons. The number of carboxylic acids is 1. The summed E-state index contributed by atoms with van der Waals surface area (Å²) in [5.74, 6) is -0.821. The van der Waals surface area contributed by atoms with Crippen LogP contribution in [0.25, 0.3) is 0 Å². The average molecular weight is 490 g/mol. The second kappa shape index (κ2) is 11.1. The molecule has 2 fully saturated rings. The molecule has 10 nitrogen and oxygen atoms in total. The van der Waals surface area contributed by atoms with Crippen molar-refractivity contribution in [3.63, 3.8) is 0 Å². The van der Waals surface area contributed by atoms with E-state index in [1.807, 2.05) is 0 Å². The predicted octanol–water partition coefficient (Wildman–Crippen LogP) is 1.18. The number of nitrogens with two attached hydrogens (primary N) is 1. The minimum absolute atomic E-state index is 0.151. The molecule has 1 aromatic carbocycles. The van der Waals surface area contributed by atoms with E-state index >= 15 is 0 Å². The van der Waals surface area contributed by atoms with Gasteiger partial charge < -0.3 is 21.5 Å². The number of rotatable bonds is 9. The van der Waals surface area contributed by atoms with Crippen LogP contribution in [0.15, 0.2) is 29.2 Å². The fourth-order valence-electron chi connectivity index (χ4n) is 3.09. The molecule has 1 aromatic rings. The summed E-state index contributed by atoms with van der Waals surface area (Å²) in [7, 11) is -4.08. The molecule has 2 amide bonds. The van der Waals surface area contributed by atoms with E-state index in [0.29, 0.717) is 16.9 Å². The zero-order valence-corrected chi connectivity index (χ0v) is 19.1. The Morgan fingerprint density at radius 1 is 1.06 bits per heavy atom. The Bertz CT molecular complexity index is 919. The van der Waals surface area contributed by atoms with Gasteiger partial charge in [-0.15, -0.1) is 0 Å². The molecule has 0 radical (unpaired) electrons. The Morgan fingerprint density at radius 3 is 1.97 bits per heavy atom. The first-order valence-electron chi connectivity index (χ1n) is 10.2. The Hall–Kier alpha value is -2.21. The monoisotopic (exact) mass is 489 g/mol. The second-order valence-corrected chi connectivity index (χ2v) is 9.93. The van der Waals surface area contributed by atoms with E-state index in [-0.39, 0.29) is 16.8 Å². The van der Waals surface area contributed by atoms with Crippen LogP contribution in [-0.2, 0) is 24.5 Å². The first-order valence-corrected chi connectivity index (χ1v) is 12.0. The Balaban J connectivity index is 0.000000278. The zero-order chi connectivity index (χ0) is 24.1. The van der Waals surface area contributed by atoms with E-state index in [1.54, 1.807) is 6.92 Å². The summed E-state index contributed by atoms with van der Waals surface area (Å²) in [6.45, 7) is 1.58.